The molecule has 11 heteroatoms. The highest BCUT2D eigenvalue weighted by Gasteiger charge is 2.09. The molecule has 0 unspecified atom stereocenters. The molecule has 7 nitrogen and oxygen atoms in total. The highest BCUT2D eigenvalue weighted by atomic mass is 79.9. The van der Waals surface area contributed by atoms with Crippen molar-refractivity contribution in [3.8, 4) is 11.5 Å². The van der Waals surface area contributed by atoms with E-state index in [1.54, 1.807) is 24.3 Å². The molecule has 0 spiro atoms. The van der Waals surface area contributed by atoms with Crippen molar-refractivity contribution in [3.63, 3.8) is 0 Å². The summed E-state index contributed by atoms with van der Waals surface area (Å²) in [5.74, 6) is 0.313. The second kappa shape index (κ2) is 12.7. The van der Waals surface area contributed by atoms with Crippen molar-refractivity contribution >= 4 is 68.3 Å². The van der Waals surface area contributed by atoms with Gasteiger partial charge in [-0.1, -0.05) is 39.1 Å². The van der Waals surface area contributed by atoms with Crippen LogP contribution in [0.25, 0.3) is 0 Å². The van der Waals surface area contributed by atoms with Crippen LogP contribution in [0.4, 0.5) is 0 Å². The number of nitrogens with one attached hydrogen (secondary N) is 3. The molecule has 2 amide bonds. The van der Waals surface area contributed by atoms with Gasteiger partial charge >= 0.3 is 0 Å². The maximum Gasteiger partial charge on any atom is 0.264 e. The Kier molecular flexibility index (Phi) is 10.3. The van der Waals surface area contributed by atoms with Crippen LogP contribution in [0.3, 0.4) is 0 Å². The van der Waals surface area contributed by atoms with Crippen molar-refractivity contribution in [2.24, 2.45) is 0 Å². The van der Waals surface area contributed by atoms with Crippen molar-refractivity contribution < 1.29 is 19.1 Å². The van der Waals surface area contributed by atoms with Crippen LogP contribution in [0.15, 0.2) is 40.9 Å². The topological polar surface area (TPSA) is 88.7 Å². The maximum absolute atomic E-state index is 11.9. The summed E-state index contributed by atoms with van der Waals surface area (Å²) in [5, 5.41) is 3.29. The van der Waals surface area contributed by atoms with Crippen molar-refractivity contribution in [1.29, 1.82) is 0 Å². The Hall–Kier alpha value is -2.07. The lowest BCUT2D eigenvalue weighted by Gasteiger charge is -2.12. The van der Waals surface area contributed by atoms with Crippen LogP contribution in [0, 0.1) is 6.92 Å². The smallest absolute Gasteiger partial charge is 0.264 e. The van der Waals surface area contributed by atoms with Gasteiger partial charge in [-0.05, 0) is 67.5 Å². The maximum atomic E-state index is 11.9. The quantitative estimate of drug-likeness (QED) is 0.258. The average Bonchev–Trinajstić information content (AvgIpc) is 2.70. The molecule has 31 heavy (non-hydrogen) atoms. The minimum atomic E-state index is -0.456. The zero-order valence-corrected chi connectivity index (χ0v) is 20.4. The van der Waals surface area contributed by atoms with Crippen molar-refractivity contribution in [1.82, 2.24) is 16.2 Å². The Morgan fingerprint density at radius 3 is 2.48 bits per heavy atom. The fraction of sp³-hybridized carbons (Fsp3) is 0.250. The first-order valence-electron chi connectivity index (χ1n) is 9.10. The minimum Gasteiger partial charge on any atom is -0.492 e. The summed E-state index contributed by atoms with van der Waals surface area (Å²) in [6.07, 6.45) is 0.632. The summed E-state index contributed by atoms with van der Waals surface area (Å²) in [4.78, 5) is 23.8. The van der Waals surface area contributed by atoms with Crippen LogP contribution in [-0.2, 0) is 9.59 Å². The fourth-order valence-electron chi connectivity index (χ4n) is 2.31. The van der Waals surface area contributed by atoms with Crippen LogP contribution in [0.2, 0.25) is 10.0 Å². The first-order chi connectivity index (χ1) is 14.7. The average molecular weight is 549 g/mol. The number of amides is 2. The molecule has 0 atom stereocenters. The van der Waals surface area contributed by atoms with E-state index in [0.717, 1.165) is 10.0 Å². The Morgan fingerprint density at radius 1 is 1.03 bits per heavy atom. The van der Waals surface area contributed by atoms with E-state index >= 15 is 0 Å². The minimum absolute atomic E-state index is 0.0429. The third-order valence-corrected chi connectivity index (χ3v) is 4.99. The van der Waals surface area contributed by atoms with E-state index < -0.39 is 5.91 Å². The molecule has 0 aliphatic rings. The second-order valence-corrected chi connectivity index (χ2v) is 8.44. The molecule has 3 N–H and O–H groups in total. The van der Waals surface area contributed by atoms with Gasteiger partial charge in [0.15, 0.2) is 11.7 Å². The number of carbonyl (C=O) groups is 2. The normalized spacial score (nSPS) is 10.2. The van der Waals surface area contributed by atoms with E-state index in [1.807, 2.05) is 19.1 Å². The molecule has 166 valence electrons. The number of halogens is 3. The molecule has 0 bridgehead atoms. The van der Waals surface area contributed by atoms with Crippen LogP contribution >= 0.6 is 51.3 Å². The molecule has 0 fully saturated rings. The highest BCUT2D eigenvalue weighted by molar-refractivity contribution is 9.10. The van der Waals surface area contributed by atoms with Gasteiger partial charge in [0.25, 0.3) is 5.91 Å². The number of hydrazine groups is 1. The molecule has 0 aliphatic heterocycles. The van der Waals surface area contributed by atoms with Gasteiger partial charge in [0, 0.05) is 15.9 Å². The molecular weight excluding hydrogens is 529 g/mol. The summed E-state index contributed by atoms with van der Waals surface area (Å²) in [7, 11) is 0. The molecule has 0 saturated carbocycles. The van der Waals surface area contributed by atoms with Gasteiger partial charge in [-0.15, -0.1) is 0 Å². The number of aryl methyl sites for hydroxylation is 1. The number of benzene rings is 2. The summed E-state index contributed by atoms with van der Waals surface area (Å²) in [6.45, 7) is 1.94. The standard InChI is InChI=1S/C20H20BrCl2N3O4S/c1-12-9-13(21)4-6-16(12)30-11-19(28)24-20(31)26-25-18(27)3-2-8-29-17-7-5-14(22)10-15(17)23/h4-7,9-10H,2-3,8,11H2,1H3,(H,25,27)(H2,24,26,28,31). The Labute approximate surface area is 203 Å². The lowest BCUT2D eigenvalue weighted by atomic mass is 10.2. The van der Waals surface area contributed by atoms with E-state index in [2.05, 4.69) is 32.1 Å². The molecule has 0 saturated heterocycles. The van der Waals surface area contributed by atoms with Crippen molar-refractivity contribution in [3.05, 3.63) is 56.5 Å². The van der Waals surface area contributed by atoms with Gasteiger partial charge in [0.05, 0.1) is 11.6 Å². The number of carbonyl (C=O) groups excluding carboxylic acids is 2. The Morgan fingerprint density at radius 2 is 1.77 bits per heavy atom. The van der Waals surface area contributed by atoms with E-state index in [9.17, 15) is 9.59 Å². The highest BCUT2D eigenvalue weighted by Crippen LogP contribution is 2.27. The first-order valence-corrected chi connectivity index (χ1v) is 11.1. The predicted molar refractivity (Wildman–Crippen MR) is 128 cm³/mol. The Balaban J connectivity index is 1.60. The summed E-state index contributed by atoms with van der Waals surface area (Å²) < 4.78 is 11.9. The lowest BCUT2D eigenvalue weighted by Crippen LogP contribution is -2.49. The molecule has 0 aromatic heterocycles. The zero-order chi connectivity index (χ0) is 22.8. The van der Waals surface area contributed by atoms with E-state index in [-0.39, 0.29) is 24.0 Å². The fourth-order valence-corrected chi connectivity index (χ4v) is 3.41. The zero-order valence-electron chi connectivity index (χ0n) is 16.5. The van der Waals surface area contributed by atoms with Crippen LogP contribution < -0.4 is 25.6 Å². The van der Waals surface area contributed by atoms with Gasteiger partial charge < -0.3 is 9.47 Å². The third kappa shape index (κ3) is 9.30. The van der Waals surface area contributed by atoms with E-state index in [4.69, 9.17) is 44.9 Å². The third-order valence-electron chi connectivity index (χ3n) is 3.76. The first kappa shape index (κ1) is 25.2. The molecule has 2 aromatic carbocycles. The SMILES string of the molecule is Cc1cc(Br)ccc1OCC(=O)NC(=S)NNC(=O)CCCOc1ccc(Cl)cc1Cl. The number of ether oxygens (including phenoxy) is 2. The van der Waals surface area contributed by atoms with Gasteiger partial charge in [-0.25, -0.2) is 0 Å². The number of rotatable bonds is 8. The van der Waals surface area contributed by atoms with E-state index in [0.29, 0.717) is 34.6 Å². The lowest BCUT2D eigenvalue weighted by molar-refractivity contribution is -0.123. The molecular formula is C20H20BrCl2N3O4S. The molecule has 2 rings (SSSR count). The monoisotopic (exact) mass is 547 g/mol. The van der Waals surface area contributed by atoms with Gasteiger partial charge in [-0.3, -0.25) is 25.8 Å². The molecule has 2 aromatic rings. The van der Waals surface area contributed by atoms with Gasteiger partial charge in [0.1, 0.15) is 11.5 Å². The Bertz CT molecular complexity index is 962. The van der Waals surface area contributed by atoms with Crippen LogP contribution in [0.5, 0.6) is 11.5 Å². The predicted octanol–water partition coefficient (Wildman–Crippen LogP) is 4.32. The number of thiocarbonyl (C=S) groups is 1. The largest absolute Gasteiger partial charge is 0.492 e. The van der Waals surface area contributed by atoms with Crippen molar-refractivity contribution in [2.75, 3.05) is 13.2 Å². The summed E-state index contributed by atoms with van der Waals surface area (Å²) in [5.41, 5.74) is 5.76. The second-order valence-electron chi connectivity index (χ2n) is 6.28. The number of hydrogen-bond donors (Lipinski definition) is 3. The van der Waals surface area contributed by atoms with Crippen molar-refractivity contribution in [2.45, 2.75) is 19.8 Å². The summed E-state index contributed by atoms with van der Waals surface area (Å²) in [6, 6.07) is 10.4. The van der Waals surface area contributed by atoms with E-state index in [1.165, 1.54) is 0 Å². The molecule has 0 radical (unpaired) electrons. The van der Waals surface area contributed by atoms with Gasteiger partial charge in [-0.2, -0.15) is 0 Å². The van der Waals surface area contributed by atoms with Gasteiger partial charge in [0.2, 0.25) is 5.91 Å². The molecule has 0 aliphatic carbocycles. The number of hydrogen-bond acceptors (Lipinski definition) is 5. The summed E-state index contributed by atoms with van der Waals surface area (Å²) >= 11 is 20.2. The molecule has 0 heterocycles. The van der Waals surface area contributed by atoms with Crippen LogP contribution in [-0.4, -0.2) is 30.1 Å². The van der Waals surface area contributed by atoms with Crippen LogP contribution in [0.1, 0.15) is 18.4 Å².